The maximum absolute atomic E-state index is 12.1. The van der Waals surface area contributed by atoms with Crippen LogP contribution in [0.25, 0.3) is 0 Å². The zero-order chi connectivity index (χ0) is 11.9. The number of aliphatic hydroxyl groups is 1. The zero-order valence-electron chi connectivity index (χ0n) is 9.27. The van der Waals surface area contributed by atoms with Gasteiger partial charge in [0.15, 0.2) is 5.03 Å². The van der Waals surface area contributed by atoms with E-state index in [1.807, 2.05) is 0 Å². The van der Waals surface area contributed by atoms with Gasteiger partial charge in [-0.2, -0.15) is 9.40 Å². The SMILES string of the molecule is Cc1[nH]nc(S(=O)(=O)N(C)C2CC2)c1CO. The van der Waals surface area contributed by atoms with Gasteiger partial charge in [-0.05, 0) is 19.8 Å². The summed E-state index contributed by atoms with van der Waals surface area (Å²) in [6, 6.07) is 0.0912. The van der Waals surface area contributed by atoms with Crippen molar-refractivity contribution in [1.82, 2.24) is 14.5 Å². The monoisotopic (exact) mass is 245 g/mol. The molecule has 0 aromatic carbocycles. The van der Waals surface area contributed by atoms with E-state index in [0.717, 1.165) is 12.8 Å². The van der Waals surface area contributed by atoms with Gasteiger partial charge in [-0.25, -0.2) is 8.42 Å². The van der Waals surface area contributed by atoms with Crippen LogP contribution in [0.2, 0.25) is 0 Å². The lowest BCUT2D eigenvalue weighted by Gasteiger charge is -2.15. The molecule has 0 unspecified atom stereocenters. The van der Waals surface area contributed by atoms with Crippen molar-refractivity contribution in [3.05, 3.63) is 11.3 Å². The highest BCUT2D eigenvalue weighted by Crippen LogP contribution is 2.31. The first-order valence-electron chi connectivity index (χ1n) is 5.11. The van der Waals surface area contributed by atoms with Gasteiger partial charge in [0.1, 0.15) is 0 Å². The molecule has 2 N–H and O–H groups in total. The van der Waals surface area contributed by atoms with Crippen LogP contribution in [0.15, 0.2) is 5.03 Å². The normalized spacial score (nSPS) is 17.0. The molecule has 0 atom stereocenters. The first-order chi connectivity index (χ1) is 7.48. The predicted octanol–water partition coefficient (Wildman–Crippen LogP) is -0.00668. The Balaban J connectivity index is 2.42. The van der Waals surface area contributed by atoms with Crippen molar-refractivity contribution in [1.29, 1.82) is 0 Å². The van der Waals surface area contributed by atoms with Gasteiger partial charge in [-0.1, -0.05) is 0 Å². The second-order valence-electron chi connectivity index (χ2n) is 4.04. The highest BCUT2D eigenvalue weighted by Gasteiger charge is 2.37. The molecular formula is C9H15N3O3S. The number of sulfonamides is 1. The third-order valence-corrected chi connectivity index (χ3v) is 4.76. The molecule has 2 rings (SSSR count). The smallest absolute Gasteiger partial charge is 0.262 e. The molecule has 1 fully saturated rings. The van der Waals surface area contributed by atoms with Gasteiger partial charge in [0.05, 0.1) is 6.61 Å². The molecule has 16 heavy (non-hydrogen) atoms. The molecule has 1 saturated carbocycles. The van der Waals surface area contributed by atoms with Crippen molar-refractivity contribution in [3.63, 3.8) is 0 Å². The van der Waals surface area contributed by atoms with E-state index in [1.54, 1.807) is 14.0 Å². The molecule has 0 spiro atoms. The Morgan fingerprint density at radius 3 is 2.69 bits per heavy atom. The lowest BCUT2D eigenvalue weighted by Crippen LogP contribution is -2.30. The van der Waals surface area contributed by atoms with Crippen molar-refractivity contribution in [2.45, 2.75) is 37.4 Å². The molecule has 0 bridgehead atoms. The summed E-state index contributed by atoms with van der Waals surface area (Å²) >= 11 is 0. The van der Waals surface area contributed by atoms with Crippen LogP contribution in [-0.2, 0) is 16.6 Å². The number of nitrogens with zero attached hydrogens (tertiary/aromatic N) is 2. The highest BCUT2D eigenvalue weighted by atomic mass is 32.2. The molecule has 90 valence electrons. The summed E-state index contributed by atoms with van der Waals surface area (Å²) in [4.78, 5) is 0. The fourth-order valence-electron chi connectivity index (χ4n) is 1.60. The number of aromatic nitrogens is 2. The number of aryl methyl sites for hydroxylation is 1. The molecule has 1 heterocycles. The van der Waals surface area contributed by atoms with Crippen LogP contribution in [0.1, 0.15) is 24.1 Å². The van der Waals surface area contributed by atoms with E-state index in [4.69, 9.17) is 5.11 Å². The third kappa shape index (κ3) is 1.74. The van der Waals surface area contributed by atoms with Crippen molar-refractivity contribution < 1.29 is 13.5 Å². The predicted molar refractivity (Wildman–Crippen MR) is 57.2 cm³/mol. The molecule has 0 aliphatic heterocycles. The van der Waals surface area contributed by atoms with E-state index in [9.17, 15) is 8.42 Å². The lowest BCUT2D eigenvalue weighted by atomic mass is 10.3. The van der Waals surface area contributed by atoms with Crippen LogP contribution < -0.4 is 0 Å². The Bertz CT molecular complexity index is 490. The molecule has 7 heteroatoms. The first kappa shape index (κ1) is 11.6. The van der Waals surface area contributed by atoms with Crippen molar-refractivity contribution in [2.24, 2.45) is 0 Å². The van der Waals surface area contributed by atoms with Crippen LogP contribution in [0.5, 0.6) is 0 Å². The summed E-state index contributed by atoms with van der Waals surface area (Å²) in [6.45, 7) is 1.37. The van der Waals surface area contributed by atoms with E-state index < -0.39 is 10.0 Å². The van der Waals surface area contributed by atoms with Gasteiger partial charge in [0, 0.05) is 24.3 Å². The number of nitrogens with one attached hydrogen (secondary N) is 1. The van der Waals surface area contributed by atoms with Crippen LogP contribution in [0.3, 0.4) is 0 Å². The number of hydrogen-bond donors (Lipinski definition) is 2. The molecule has 1 aliphatic carbocycles. The number of H-pyrrole nitrogens is 1. The van der Waals surface area contributed by atoms with Gasteiger partial charge in [0.25, 0.3) is 10.0 Å². The summed E-state index contributed by atoms with van der Waals surface area (Å²) in [5, 5.41) is 15.5. The minimum Gasteiger partial charge on any atom is -0.392 e. The molecular weight excluding hydrogens is 230 g/mol. The van der Waals surface area contributed by atoms with Crippen molar-refractivity contribution in [3.8, 4) is 0 Å². The molecule has 1 aromatic rings. The number of hydrogen-bond acceptors (Lipinski definition) is 4. The summed E-state index contributed by atoms with van der Waals surface area (Å²) in [5.41, 5.74) is 0.942. The van der Waals surface area contributed by atoms with E-state index in [1.165, 1.54) is 4.31 Å². The van der Waals surface area contributed by atoms with Gasteiger partial charge in [-0.15, -0.1) is 0 Å². The lowest BCUT2D eigenvalue weighted by molar-refractivity contribution is 0.277. The minimum absolute atomic E-state index is 0.0538. The van der Waals surface area contributed by atoms with E-state index in [2.05, 4.69) is 10.2 Å². The topological polar surface area (TPSA) is 86.3 Å². The Labute approximate surface area is 94.3 Å². The largest absolute Gasteiger partial charge is 0.392 e. The van der Waals surface area contributed by atoms with Gasteiger partial charge in [-0.3, -0.25) is 5.10 Å². The van der Waals surface area contributed by atoms with E-state index in [-0.39, 0.29) is 17.7 Å². The van der Waals surface area contributed by atoms with Crippen LogP contribution in [0.4, 0.5) is 0 Å². The van der Waals surface area contributed by atoms with Gasteiger partial charge >= 0.3 is 0 Å². The number of aliphatic hydroxyl groups excluding tert-OH is 1. The second kappa shape index (κ2) is 3.83. The number of rotatable bonds is 4. The maximum atomic E-state index is 12.1. The molecule has 1 aromatic heterocycles. The maximum Gasteiger partial charge on any atom is 0.262 e. The molecule has 0 radical (unpaired) electrons. The van der Waals surface area contributed by atoms with E-state index in [0.29, 0.717) is 11.3 Å². The van der Waals surface area contributed by atoms with Gasteiger partial charge in [0.2, 0.25) is 0 Å². The molecule has 1 aliphatic rings. The average molecular weight is 245 g/mol. The minimum atomic E-state index is -3.57. The van der Waals surface area contributed by atoms with Crippen molar-refractivity contribution in [2.75, 3.05) is 7.05 Å². The molecule has 0 saturated heterocycles. The Hall–Kier alpha value is -0.920. The highest BCUT2D eigenvalue weighted by molar-refractivity contribution is 7.89. The summed E-state index contributed by atoms with van der Waals surface area (Å²) in [6.07, 6.45) is 1.79. The molecule has 0 amide bonds. The summed E-state index contributed by atoms with van der Waals surface area (Å²) < 4.78 is 25.6. The Morgan fingerprint density at radius 2 is 2.19 bits per heavy atom. The Morgan fingerprint density at radius 1 is 1.56 bits per heavy atom. The number of aromatic amines is 1. The van der Waals surface area contributed by atoms with E-state index >= 15 is 0 Å². The third-order valence-electron chi connectivity index (χ3n) is 2.88. The summed E-state index contributed by atoms with van der Waals surface area (Å²) in [5.74, 6) is 0. The Kier molecular flexibility index (Phi) is 2.77. The van der Waals surface area contributed by atoms with Crippen LogP contribution in [-0.4, -0.2) is 41.1 Å². The first-order valence-corrected chi connectivity index (χ1v) is 6.55. The quantitative estimate of drug-likeness (QED) is 0.781. The average Bonchev–Trinajstić information content (AvgIpc) is 3.00. The van der Waals surface area contributed by atoms with Crippen LogP contribution in [0, 0.1) is 6.92 Å². The van der Waals surface area contributed by atoms with Crippen molar-refractivity contribution >= 4 is 10.0 Å². The van der Waals surface area contributed by atoms with Crippen LogP contribution >= 0.6 is 0 Å². The zero-order valence-corrected chi connectivity index (χ0v) is 10.1. The fourth-order valence-corrected chi connectivity index (χ4v) is 3.17. The summed E-state index contributed by atoms with van der Waals surface area (Å²) in [7, 11) is -2.01. The van der Waals surface area contributed by atoms with Gasteiger partial charge < -0.3 is 5.11 Å². The second-order valence-corrected chi connectivity index (χ2v) is 5.96. The fraction of sp³-hybridized carbons (Fsp3) is 0.667. The molecule has 6 nitrogen and oxygen atoms in total. The standard InChI is InChI=1S/C9H15N3O3S/c1-6-8(5-13)9(11-10-6)16(14,15)12(2)7-3-4-7/h7,13H,3-5H2,1-2H3,(H,10,11).